The third kappa shape index (κ3) is 6.12. The summed E-state index contributed by atoms with van der Waals surface area (Å²) in [5, 5.41) is 28.3. The van der Waals surface area contributed by atoms with Gasteiger partial charge in [-0.15, -0.1) is 0 Å². The first-order chi connectivity index (χ1) is 19.4. The topological polar surface area (TPSA) is 122 Å². The normalized spacial score (nSPS) is 15.8. The molecule has 0 aromatic heterocycles. The Morgan fingerprint density at radius 3 is 2.24 bits per heavy atom. The van der Waals surface area contributed by atoms with Gasteiger partial charge in [-0.3, -0.25) is 4.90 Å². The van der Waals surface area contributed by atoms with E-state index in [0.29, 0.717) is 22.3 Å². The lowest BCUT2D eigenvalue weighted by Gasteiger charge is -2.42. The van der Waals surface area contributed by atoms with Gasteiger partial charge >= 0.3 is 24.1 Å². The van der Waals surface area contributed by atoms with Gasteiger partial charge < -0.3 is 15.1 Å². The Bertz CT molecular complexity index is 1600. The third-order valence-electron chi connectivity index (χ3n) is 6.52. The molecule has 3 aromatic rings. The van der Waals surface area contributed by atoms with E-state index in [1.165, 1.54) is 48.2 Å². The van der Waals surface area contributed by atoms with Crippen molar-refractivity contribution in [2.45, 2.75) is 25.7 Å². The summed E-state index contributed by atoms with van der Waals surface area (Å²) in [6.45, 7) is 1.23. The maximum Gasteiger partial charge on any atom is 0.416 e. The van der Waals surface area contributed by atoms with Crippen LogP contribution in [0.25, 0.3) is 6.08 Å². The van der Waals surface area contributed by atoms with Crippen LogP contribution >= 0.6 is 0 Å². The highest BCUT2D eigenvalue weighted by Gasteiger charge is 2.43. The van der Waals surface area contributed by atoms with Gasteiger partial charge in [0.25, 0.3) is 0 Å². The van der Waals surface area contributed by atoms with Crippen LogP contribution in [0.5, 0.6) is 0 Å². The maximum atomic E-state index is 14.0. The maximum absolute atomic E-state index is 14.0. The molecule has 1 aliphatic rings. The minimum absolute atomic E-state index is 0.0541. The Labute approximate surface area is 232 Å². The van der Waals surface area contributed by atoms with Crippen molar-refractivity contribution < 1.29 is 37.8 Å². The number of carboxylic acids is 2. The molecule has 0 aliphatic carbocycles. The van der Waals surface area contributed by atoms with Crippen LogP contribution in [0.3, 0.4) is 0 Å². The number of aliphatic carboxylic acids is 2. The zero-order chi connectivity index (χ0) is 29.9. The van der Waals surface area contributed by atoms with Gasteiger partial charge in [0.1, 0.15) is 0 Å². The standard InChI is InChI=1S/C30H22F3N3O5/c1-18-26(28(39)40)27(22-12-9-20(16-34)10-13-22)35(17-21-7-5-19(6-8-21)11-14-25(37)38)29(41)36(18)24-4-2-3-23(15-24)30(31,32)33/h2-15,27H,17H2,1H3,(H,37,38)(H,39,40). The van der Waals surface area contributed by atoms with Crippen molar-refractivity contribution in [3.05, 3.63) is 118 Å². The number of hydrogen-bond donors (Lipinski definition) is 2. The average Bonchev–Trinajstić information content (AvgIpc) is 2.93. The summed E-state index contributed by atoms with van der Waals surface area (Å²) < 4.78 is 40.5. The van der Waals surface area contributed by atoms with E-state index in [2.05, 4.69) is 0 Å². The predicted octanol–water partition coefficient (Wildman–Crippen LogP) is 6.22. The number of carboxylic acid groups (broad SMARTS) is 2. The summed E-state index contributed by atoms with van der Waals surface area (Å²) in [4.78, 5) is 39.7. The van der Waals surface area contributed by atoms with Gasteiger partial charge in [-0.05, 0) is 60.0 Å². The Kier molecular flexibility index (Phi) is 7.96. The summed E-state index contributed by atoms with van der Waals surface area (Å²) in [6.07, 6.45) is -2.35. The van der Waals surface area contributed by atoms with E-state index in [-0.39, 0.29) is 23.5 Å². The molecule has 0 spiro atoms. The average molecular weight is 562 g/mol. The quantitative estimate of drug-likeness (QED) is 0.331. The monoisotopic (exact) mass is 561 g/mol. The molecule has 8 nitrogen and oxygen atoms in total. The SMILES string of the molecule is CC1=C(C(=O)O)C(c2ccc(C#N)cc2)N(Cc2ccc(C=CC(=O)O)cc2)C(=O)N1c1cccc(C(F)(F)F)c1. The fourth-order valence-corrected chi connectivity index (χ4v) is 4.60. The van der Waals surface area contributed by atoms with Crippen molar-refractivity contribution >= 4 is 29.7 Å². The summed E-state index contributed by atoms with van der Waals surface area (Å²) in [5.74, 6) is -2.50. The smallest absolute Gasteiger partial charge is 0.416 e. The number of nitrogens with zero attached hydrogens (tertiary/aromatic N) is 3. The van der Waals surface area contributed by atoms with E-state index in [1.807, 2.05) is 6.07 Å². The van der Waals surface area contributed by atoms with E-state index in [9.17, 15) is 37.9 Å². The number of carbonyl (C=O) groups is 3. The van der Waals surface area contributed by atoms with E-state index < -0.39 is 35.8 Å². The van der Waals surface area contributed by atoms with Gasteiger partial charge in [-0.2, -0.15) is 18.4 Å². The highest BCUT2D eigenvalue weighted by atomic mass is 19.4. The number of rotatable bonds is 7. The van der Waals surface area contributed by atoms with Crippen LogP contribution < -0.4 is 4.90 Å². The number of anilines is 1. The summed E-state index contributed by atoms with van der Waals surface area (Å²) in [6, 6.07) is 16.7. The third-order valence-corrected chi connectivity index (χ3v) is 6.52. The van der Waals surface area contributed by atoms with Gasteiger partial charge in [0, 0.05) is 18.3 Å². The Balaban J connectivity index is 1.86. The number of allylic oxidation sites excluding steroid dienone is 1. The first-order valence-electron chi connectivity index (χ1n) is 12.1. The molecule has 1 aliphatic heterocycles. The molecule has 2 amide bonds. The highest BCUT2D eigenvalue weighted by Crippen LogP contribution is 2.41. The number of nitriles is 1. The van der Waals surface area contributed by atoms with Gasteiger partial charge in [0.05, 0.1) is 34.5 Å². The molecular weight excluding hydrogens is 539 g/mol. The van der Waals surface area contributed by atoms with Crippen LogP contribution in [0.4, 0.5) is 23.7 Å². The molecule has 3 aromatic carbocycles. The Morgan fingerprint density at radius 2 is 1.68 bits per heavy atom. The van der Waals surface area contributed by atoms with Crippen molar-refractivity contribution in [1.82, 2.24) is 4.90 Å². The van der Waals surface area contributed by atoms with Crippen LogP contribution in [0.1, 0.15) is 40.8 Å². The largest absolute Gasteiger partial charge is 0.478 e. The van der Waals surface area contributed by atoms with Crippen LogP contribution in [-0.2, 0) is 22.3 Å². The zero-order valence-corrected chi connectivity index (χ0v) is 21.5. The predicted molar refractivity (Wildman–Crippen MR) is 142 cm³/mol. The fraction of sp³-hybridized carbons (Fsp3) is 0.133. The number of benzene rings is 3. The number of alkyl halides is 3. The minimum atomic E-state index is -4.69. The van der Waals surface area contributed by atoms with E-state index in [1.54, 1.807) is 24.3 Å². The van der Waals surface area contributed by atoms with Crippen LogP contribution in [-0.4, -0.2) is 33.1 Å². The molecule has 208 valence electrons. The second-order valence-corrected chi connectivity index (χ2v) is 9.15. The lowest BCUT2D eigenvalue weighted by atomic mass is 9.91. The number of hydrogen-bond acceptors (Lipinski definition) is 4. The van der Waals surface area contributed by atoms with Crippen molar-refractivity contribution in [2.75, 3.05) is 4.90 Å². The lowest BCUT2D eigenvalue weighted by Crippen LogP contribution is -2.50. The van der Waals surface area contributed by atoms with E-state index in [0.717, 1.165) is 29.2 Å². The van der Waals surface area contributed by atoms with Gasteiger partial charge in [-0.1, -0.05) is 42.5 Å². The molecule has 0 saturated heterocycles. The summed E-state index contributed by atoms with van der Waals surface area (Å²) in [7, 11) is 0. The molecule has 41 heavy (non-hydrogen) atoms. The molecule has 0 fully saturated rings. The van der Waals surface area contributed by atoms with Crippen LogP contribution in [0.15, 0.2) is 90.1 Å². The van der Waals surface area contributed by atoms with Crippen LogP contribution in [0.2, 0.25) is 0 Å². The summed E-state index contributed by atoms with van der Waals surface area (Å²) >= 11 is 0. The number of halogens is 3. The number of amides is 2. The molecule has 0 bridgehead atoms. The molecule has 0 radical (unpaired) electrons. The first kappa shape index (κ1) is 28.6. The number of urea groups is 1. The molecule has 11 heteroatoms. The Morgan fingerprint density at radius 1 is 1.02 bits per heavy atom. The minimum Gasteiger partial charge on any atom is -0.478 e. The van der Waals surface area contributed by atoms with Gasteiger partial charge in [-0.25, -0.2) is 14.4 Å². The van der Waals surface area contributed by atoms with Crippen molar-refractivity contribution in [1.29, 1.82) is 5.26 Å². The molecule has 1 heterocycles. The zero-order valence-electron chi connectivity index (χ0n) is 21.5. The van der Waals surface area contributed by atoms with Gasteiger partial charge in [0.2, 0.25) is 0 Å². The van der Waals surface area contributed by atoms with Crippen LogP contribution in [0, 0.1) is 11.3 Å². The fourth-order valence-electron chi connectivity index (χ4n) is 4.60. The second kappa shape index (κ2) is 11.4. The first-order valence-corrected chi connectivity index (χ1v) is 12.1. The van der Waals surface area contributed by atoms with Crippen molar-refractivity contribution in [3.63, 3.8) is 0 Å². The molecule has 2 N–H and O–H groups in total. The highest BCUT2D eigenvalue weighted by molar-refractivity contribution is 6.02. The Hall–Kier alpha value is -5.37. The van der Waals surface area contributed by atoms with E-state index >= 15 is 0 Å². The molecule has 4 rings (SSSR count). The lowest BCUT2D eigenvalue weighted by molar-refractivity contribution is -0.137. The van der Waals surface area contributed by atoms with Crippen molar-refractivity contribution in [3.8, 4) is 6.07 Å². The molecule has 0 saturated carbocycles. The molecule has 1 atom stereocenters. The summed E-state index contributed by atoms with van der Waals surface area (Å²) in [5.41, 5.74) is 0.385. The second-order valence-electron chi connectivity index (χ2n) is 9.15. The van der Waals surface area contributed by atoms with Crippen molar-refractivity contribution in [2.24, 2.45) is 0 Å². The molecule has 1 unspecified atom stereocenters. The van der Waals surface area contributed by atoms with Gasteiger partial charge in [0.15, 0.2) is 0 Å². The van der Waals surface area contributed by atoms with E-state index in [4.69, 9.17) is 5.11 Å². The molecular formula is C30H22F3N3O5. The number of carbonyl (C=O) groups excluding carboxylic acids is 1.